The van der Waals surface area contributed by atoms with E-state index < -0.39 is 7.60 Å². The number of H-pyrrole nitrogens is 1. The van der Waals surface area contributed by atoms with Crippen LogP contribution in [0, 0.1) is 0 Å². The van der Waals surface area contributed by atoms with Gasteiger partial charge in [-0.25, -0.2) is 9.97 Å². The molecule has 0 unspecified atom stereocenters. The standard InChI is InChI=1S/C15H15N4O4P/c20-13-6-5-12-14(16-9-17-15(12)19-13)18-11-3-1-10(2-4-11)7-8-24(21,22)23/h1-6,9H,7-8H2,(H2,21,22,23)(H2,16,17,18,19,20). The van der Waals surface area contributed by atoms with Crippen molar-refractivity contribution < 1.29 is 14.4 Å². The molecule has 4 N–H and O–H groups in total. The van der Waals surface area contributed by atoms with Crippen LogP contribution in [0.1, 0.15) is 5.56 Å². The molecule has 0 aliphatic heterocycles. The molecule has 0 radical (unpaired) electrons. The number of aromatic amines is 1. The molecule has 0 saturated heterocycles. The second-order valence-electron chi connectivity index (χ2n) is 5.27. The van der Waals surface area contributed by atoms with E-state index in [1.807, 2.05) is 0 Å². The highest BCUT2D eigenvalue weighted by molar-refractivity contribution is 7.51. The molecule has 0 aliphatic rings. The fourth-order valence-corrected chi connectivity index (χ4v) is 2.79. The van der Waals surface area contributed by atoms with Crippen LogP contribution in [-0.4, -0.2) is 30.9 Å². The molecule has 0 spiro atoms. The Hall–Kier alpha value is -2.54. The summed E-state index contributed by atoms with van der Waals surface area (Å²) >= 11 is 0. The largest absolute Gasteiger partial charge is 0.340 e. The van der Waals surface area contributed by atoms with E-state index in [0.717, 1.165) is 11.3 Å². The van der Waals surface area contributed by atoms with E-state index in [0.29, 0.717) is 23.3 Å². The molecule has 3 rings (SSSR count). The predicted octanol–water partition coefficient (Wildman–Crippen LogP) is 1.78. The molecule has 1 aromatic carbocycles. The highest BCUT2D eigenvalue weighted by Crippen LogP contribution is 2.35. The van der Waals surface area contributed by atoms with E-state index in [1.165, 1.54) is 12.4 Å². The number of aryl methyl sites for hydroxylation is 1. The first-order valence-electron chi connectivity index (χ1n) is 7.15. The fraction of sp³-hybridized carbons (Fsp3) is 0.133. The van der Waals surface area contributed by atoms with Crippen molar-refractivity contribution in [2.75, 3.05) is 11.5 Å². The number of nitrogens with zero attached hydrogens (tertiary/aromatic N) is 2. The van der Waals surface area contributed by atoms with Crippen molar-refractivity contribution in [1.82, 2.24) is 15.0 Å². The maximum Gasteiger partial charge on any atom is 0.325 e. The highest BCUT2D eigenvalue weighted by Gasteiger charge is 2.12. The maximum absolute atomic E-state index is 11.3. The number of hydrogen-bond donors (Lipinski definition) is 4. The zero-order valence-electron chi connectivity index (χ0n) is 12.5. The summed E-state index contributed by atoms with van der Waals surface area (Å²) in [5, 5.41) is 3.82. The lowest BCUT2D eigenvalue weighted by Crippen LogP contribution is -2.05. The van der Waals surface area contributed by atoms with Gasteiger partial charge in [-0.2, -0.15) is 0 Å². The van der Waals surface area contributed by atoms with Crippen molar-refractivity contribution in [1.29, 1.82) is 0 Å². The summed E-state index contributed by atoms with van der Waals surface area (Å²) in [7, 11) is -3.99. The normalized spacial score (nSPS) is 11.6. The Morgan fingerprint density at radius 2 is 1.83 bits per heavy atom. The lowest BCUT2D eigenvalue weighted by atomic mass is 10.1. The minimum absolute atomic E-state index is 0.177. The number of rotatable bonds is 5. The number of nitrogens with one attached hydrogen (secondary N) is 2. The zero-order chi connectivity index (χ0) is 17.2. The monoisotopic (exact) mass is 346 g/mol. The average Bonchev–Trinajstić information content (AvgIpc) is 2.53. The Morgan fingerprint density at radius 1 is 1.08 bits per heavy atom. The van der Waals surface area contributed by atoms with E-state index >= 15 is 0 Å². The lowest BCUT2D eigenvalue weighted by Gasteiger charge is -2.09. The molecule has 24 heavy (non-hydrogen) atoms. The number of aromatic nitrogens is 3. The Labute approximate surface area is 136 Å². The van der Waals surface area contributed by atoms with Crippen LogP contribution in [-0.2, 0) is 11.0 Å². The second kappa shape index (κ2) is 6.52. The van der Waals surface area contributed by atoms with Crippen LogP contribution in [0.4, 0.5) is 11.5 Å². The Bertz CT molecular complexity index is 965. The van der Waals surface area contributed by atoms with E-state index in [2.05, 4.69) is 20.3 Å². The third-order valence-electron chi connectivity index (χ3n) is 3.44. The van der Waals surface area contributed by atoms with E-state index in [9.17, 15) is 9.36 Å². The van der Waals surface area contributed by atoms with Gasteiger partial charge in [0, 0.05) is 11.8 Å². The van der Waals surface area contributed by atoms with E-state index in [1.54, 1.807) is 30.3 Å². The van der Waals surface area contributed by atoms with Crippen LogP contribution in [0.25, 0.3) is 11.0 Å². The van der Waals surface area contributed by atoms with Crippen molar-refractivity contribution in [3.63, 3.8) is 0 Å². The van der Waals surface area contributed by atoms with Crippen LogP contribution in [0.5, 0.6) is 0 Å². The molecule has 0 atom stereocenters. The summed E-state index contributed by atoms with van der Waals surface area (Å²) in [5.74, 6) is 0.555. The van der Waals surface area contributed by atoms with Crippen LogP contribution in [0.3, 0.4) is 0 Å². The number of fused-ring (bicyclic) bond motifs is 1. The third-order valence-corrected chi connectivity index (χ3v) is 4.24. The number of pyridine rings is 1. The van der Waals surface area contributed by atoms with Gasteiger partial charge in [0.1, 0.15) is 17.8 Å². The zero-order valence-corrected chi connectivity index (χ0v) is 13.4. The minimum atomic E-state index is -3.99. The van der Waals surface area contributed by atoms with Crippen molar-refractivity contribution in [3.05, 3.63) is 58.6 Å². The molecule has 8 nitrogen and oxygen atoms in total. The first kappa shape index (κ1) is 16.3. The Balaban J connectivity index is 1.79. The predicted molar refractivity (Wildman–Crippen MR) is 90.5 cm³/mol. The van der Waals surface area contributed by atoms with Gasteiger partial charge in [0.15, 0.2) is 0 Å². The van der Waals surface area contributed by atoms with Gasteiger partial charge in [-0.15, -0.1) is 0 Å². The van der Waals surface area contributed by atoms with E-state index in [4.69, 9.17) is 9.79 Å². The second-order valence-corrected chi connectivity index (χ2v) is 7.04. The molecule has 0 bridgehead atoms. The smallest absolute Gasteiger partial charge is 0.325 e. The van der Waals surface area contributed by atoms with Crippen LogP contribution in [0.15, 0.2) is 47.5 Å². The molecule has 0 fully saturated rings. The van der Waals surface area contributed by atoms with Gasteiger partial charge in [-0.05, 0) is 30.2 Å². The minimum Gasteiger partial charge on any atom is -0.340 e. The molecule has 0 amide bonds. The Kier molecular flexibility index (Phi) is 4.44. The third kappa shape index (κ3) is 4.05. The lowest BCUT2D eigenvalue weighted by molar-refractivity contribution is 0.373. The van der Waals surface area contributed by atoms with Crippen LogP contribution >= 0.6 is 7.60 Å². The molecule has 3 aromatic rings. The van der Waals surface area contributed by atoms with Gasteiger partial charge in [0.25, 0.3) is 0 Å². The van der Waals surface area contributed by atoms with Crippen LogP contribution in [0.2, 0.25) is 0 Å². The SMILES string of the molecule is O=c1ccc2c(Nc3ccc(CCP(=O)(O)O)cc3)ncnc2[nH]1. The summed E-state index contributed by atoms with van der Waals surface area (Å²) < 4.78 is 10.9. The van der Waals surface area contributed by atoms with Crippen molar-refractivity contribution in [2.24, 2.45) is 0 Å². The van der Waals surface area contributed by atoms with E-state index in [-0.39, 0.29) is 11.7 Å². The maximum atomic E-state index is 11.3. The summed E-state index contributed by atoms with van der Waals surface area (Å²) in [5.41, 5.74) is 1.81. The molecule has 0 aliphatic carbocycles. The Morgan fingerprint density at radius 3 is 2.54 bits per heavy atom. The first-order valence-corrected chi connectivity index (χ1v) is 8.95. The molecule has 2 heterocycles. The van der Waals surface area contributed by atoms with Gasteiger partial charge >= 0.3 is 7.60 Å². The molecule has 2 aromatic heterocycles. The van der Waals surface area contributed by atoms with Gasteiger partial charge in [0.2, 0.25) is 5.56 Å². The van der Waals surface area contributed by atoms with Crippen molar-refractivity contribution in [2.45, 2.75) is 6.42 Å². The molecular formula is C15H15N4O4P. The first-order chi connectivity index (χ1) is 11.4. The molecule has 0 saturated carbocycles. The number of anilines is 2. The van der Waals surface area contributed by atoms with Gasteiger partial charge in [-0.1, -0.05) is 12.1 Å². The van der Waals surface area contributed by atoms with Gasteiger partial charge < -0.3 is 20.1 Å². The summed E-state index contributed by atoms with van der Waals surface area (Å²) in [6, 6.07) is 10.2. The topological polar surface area (TPSA) is 128 Å². The summed E-state index contributed by atoms with van der Waals surface area (Å²) in [6.07, 6.45) is 1.49. The molecule has 124 valence electrons. The summed E-state index contributed by atoms with van der Waals surface area (Å²) in [4.78, 5) is 40.0. The quantitative estimate of drug-likeness (QED) is 0.518. The highest BCUT2D eigenvalue weighted by atomic mass is 31.2. The fourth-order valence-electron chi connectivity index (χ4n) is 2.24. The summed E-state index contributed by atoms with van der Waals surface area (Å²) in [6.45, 7) is 0. The number of hydrogen-bond acceptors (Lipinski definition) is 5. The van der Waals surface area contributed by atoms with Crippen LogP contribution < -0.4 is 10.9 Å². The van der Waals surface area contributed by atoms with Gasteiger partial charge in [0.05, 0.1) is 11.5 Å². The molecule has 9 heteroatoms. The number of benzene rings is 1. The van der Waals surface area contributed by atoms with Gasteiger partial charge in [-0.3, -0.25) is 9.36 Å². The average molecular weight is 346 g/mol. The van der Waals surface area contributed by atoms with Crippen molar-refractivity contribution >= 4 is 30.1 Å². The molecular weight excluding hydrogens is 331 g/mol. The van der Waals surface area contributed by atoms with Crippen molar-refractivity contribution in [3.8, 4) is 0 Å².